The zero-order valence-corrected chi connectivity index (χ0v) is 14.3. The first-order valence-electron chi connectivity index (χ1n) is 7.65. The summed E-state index contributed by atoms with van der Waals surface area (Å²) in [7, 11) is -1.14. The van der Waals surface area contributed by atoms with Crippen molar-refractivity contribution in [3.63, 3.8) is 0 Å². The zero-order valence-electron chi connectivity index (χ0n) is 13.5. The second-order valence-electron chi connectivity index (χ2n) is 6.06. The molecule has 2 rings (SSSR count). The van der Waals surface area contributed by atoms with Crippen LogP contribution in [0.3, 0.4) is 0 Å². The molecule has 20 heavy (non-hydrogen) atoms. The van der Waals surface area contributed by atoms with E-state index < -0.39 is 11.0 Å². The zero-order chi connectivity index (χ0) is 15.2. The van der Waals surface area contributed by atoms with Crippen LogP contribution in [-0.2, 0) is 20.5 Å². The van der Waals surface area contributed by atoms with Crippen molar-refractivity contribution in [3.05, 3.63) is 0 Å². The molecular weight excluding hydrogens is 274 g/mol. The fourth-order valence-corrected chi connectivity index (χ4v) is 2.91. The summed E-state index contributed by atoms with van der Waals surface area (Å²) in [4.78, 5) is 0. The molecule has 1 aliphatic heterocycles. The molecule has 0 aromatic heterocycles. The minimum atomic E-state index is -1.14. The Balaban J connectivity index is 0.000000956. The van der Waals surface area contributed by atoms with E-state index in [0.717, 1.165) is 25.7 Å². The molecule has 1 unspecified atom stereocenters. The van der Waals surface area contributed by atoms with Crippen LogP contribution in [0, 0.1) is 5.92 Å². The van der Waals surface area contributed by atoms with Gasteiger partial charge in [0.15, 0.2) is 5.79 Å². The second-order valence-corrected chi connectivity index (χ2v) is 7.99. The Labute approximate surface area is 125 Å². The van der Waals surface area contributed by atoms with Crippen molar-refractivity contribution in [2.24, 2.45) is 10.3 Å². The molecule has 1 atom stereocenters. The van der Waals surface area contributed by atoms with Gasteiger partial charge in [-0.2, -0.15) is 4.40 Å². The smallest absolute Gasteiger partial charge is 0.168 e. The molecule has 0 amide bonds. The monoisotopic (exact) mass is 303 g/mol. The van der Waals surface area contributed by atoms with Crippen LogP contribution in [0.25, 0.3) is 0 Å². The quantitative estimate of drug-likeness (QED) is 0.734. The van der Waals surface area contributed by atoms with Crippen LogP contribution in [0.2, 0.25) is 0 Å². The summed E-state index contributed by atoms with van der Waals surface area (Å²) < 4.78 is 27.1. The summed E-state index contributed by atoms with van der Waals surface area (Å²) in [6, 6.07) is 0. The van der Waals surface area contributed by atoms with Crippen LogP contribution in [-0.4, -0.2) is 34.2 Å². The molecule has 0 bridgehead atoms. The predicted molar refractivity (Wildman–Crippen MR) is 84.3 cm³/mol. The van der Waals surface area contributed by atoms with Gasteiger partial charge in [0.2, 0.25) is 0 Å². The third kappa shape index (κ3) is 4.93. The van der Waals surface area contributed by atoms with Crippen molar-refractivity contribution in [2.45, 2.75) is 70.8 Å². The lowest BCUT2D eigenvalue weighted by Crippen LogP contribution is -2.35. The van der Waals surface area contributed by atoms with E-state index in [4.69, 9.17) is 9.47 Å². The molecule has 1 saturated heterocycles. The summed E-state index contributed by atoms with van der Waals surface area (Å²) in [5.74, 6) is 0.0998. The van der Waals surface area contributed by atoms with Gasteiger partial charge in [0.1, 0.15) is 11.0 Å². The van der Waals surface area contributed by atoms with Gasteiger partial charge in [0.05, 0.1) is 18.0 Å². The third-order valence-electron chi connectivity index (χ3n) is 3.50. The van der Waals surface area contributed by atoms with Gasteiger partial charge >= 0.3 is 0 Å². The molecule has 118 valence electrons. The SMILES string of the molecule is CC.CC(C)(C)S(=O)/N=C/C1CCC2(CC1)OCCO2. The van der Waals surface area contributed by atoms with Crippen molar-refractivity contribution in [3.8, 4) is 0 Å². The van der Waals surface area contributed by atoms with Crippen LogP contribution in [0.5, 0.6) is 0 Å². The Morgan fingerprint density at radius 2 is 1.65 bits per heavy atom. The van der Waals surface area contributed by atoms with E-state index in [1.165, 1.54) is 0 Å². The lowest BCUT2D eigenvalue weighted by Gasteiger charge is -2.34. The van der Waals surface area contributed by atoms with Gasteiger partial charge in [-0.3, -0.25) is 0 Å². The van der Waals surface area contributed by atoms with Gasteiger partial charge in [-0.25, -0.2) is 4.21 Å². The first-order valence-corrected chi connectivity index (χ1v) is 8.76. The Kier molecular flexibility index (Phi) is 6.82. The maximum atomic E-state index is 11.8. The van der Waals surface area contributed by atoms with Crippen LogP contribution in [0.15, 0.2) is 4.40 Å². The molecule has 0 aromatic carbocycles. The van der Waals surface area contributed by atoms with Gasteiger partial charge in [-0.05, 0) is 39.5 Å². The molecule has 2 aliphatic rings. The molecule has 4 nitrogen and oxygen atoms in total. The summed E-state index contributed by atoms with van der Waals surface area (Å²) in [6.45, 7) is 11.3. The maximum Gasteiger partial charge on any atom is 0.168 e. The normalized spacial score (nSPS) is 24.6. The van der Waals surface area contributed by atoms with Gasteiger partial charge in [0, 0.05) is 19.1 Å². The van der Waals surface area contributed by atoms with Crippen LogP contribution < -0.4 is 0 Å². The number of hydrogen-bond donors (Lipinski definition) is 0. The van der Waals surface area contributed by atoms with Crippen LogP contribution in [0.1, 0.15) is 60.3 Å². The number of nitrogens with zero attached hydrogens (tertiary/aromatic N) is 1. The molecule has 1 spiro atoms. The van der Waals surface area contributed by atoms with Crippen molar-refractivity contribution in [1.29, 1.82) is 0 Å². The van der Waals surface area contributed by atoms with E-state index in [2.05, 4.69) is 4.40 Å². The van der Waals surface area contributed by atoms with E-state index in [1.54, 1.807) is 0 Å². The maximum absolute atomic E-state index is 11.8. The Morgan fingerprint density at radius 1 is 1.15 bits per heavy atom. The van der Waals surface area contributed by atoms with Crippen LogP contribution >= 0.6 is 0 Å². The molecule has 1 heterocycles. The third-order valence-corrected chi connectivity index (χ3v) is 4.86. The first kappa shape index (κ1) is 17.8. The number of rotatable bonds is 2. The molecule has 2 fully saturated rings. The van der Waals surface area contributed by atoms with Crippen molar-refractivity contribution in [1.82, 2.24) is 0 Å². The fourth-order valence-electron chi connectivity index (χ4n) is 2.31. The molecule has 1 aliphatic carbocycles. The van der Waals surface area contributed by atoms with Crippen molar-refractivity contribution in [2.75, 3.05) is 13.2 Å². The van der Waals surface area contributed by atoms with E-state index in [9.17, 15) is 4.21 Å². The second kappa shape index (κ2) is 7.66. The predicted octanol–water partition coefficient (Wildman–Crippen LogP) is 3.48. The standard InChI is InChI=1S/C13H23NO3S.C2H6/c1-12(2,3)18(15)14-10-11-4-6-13(7-5-11)16-8-9-17-13;1-2/h10-11H,4-9H2,1-3H3;1-2H3/b14-10+;. The molecular formula is C15H29NO3S. The highest BCUT2D eigenvalue weighted by Gasteiger charge is 2.39. The molecule has 1 saturated carbocycles. The molecule has 0 radical (unpaired) electrons. The lowest BCUT2D eigenvalue weighted by molar-refractivity contribution is -0.179. The average Bonchev–Trinajstić information content (AvgIpc) is 2.87. The van der Waals surface area contributed by atoms with Crippen LogP contribution in [0.4, 0.5) is 0 Å². The largest absolute Gasteiger partial charge is 0.348 e. The van der Waals surface area contributed by atoms with Gasteiger partial charge in [0.25, 0.3) is 0 Å². The van der Waals surface area contributed by atoms with E-state index in [0.29, 0.717) is 19.1 Å². The Bertz CT molecular complexity index is 334. The van der Waals surface area contributed by atoms with E-state index >= 15 is 0 Å². The summed E-state index contributed by atoms with van der Waals surface area (Å²) >= 11 is 0. The Hall–Kier alpha value is -0.260. The minimum absolute atomic E-state index is 0.274. The lowest BCUT2D eigenvalue weighted by atomic mass is 9.86. The highest BCUT2D eigenvalue weighted by molar-refractivity contribution is 7.85. The summed E-state index contributed by atoms with van der Waals surface area (Å²) in [5.41, 5.74) is 0. The number of hydrogen-bond acceptors (Lipinski definition) is 3. The highest BCUT2D eigenvalue weighted by atomic mass is 32.2. The fraction of sp³-hybridized carbons (Fsp3) is 0.933. The van der Waals surface area contributed by atoms with Crippen molar-refractivity contribution >= 4 is 17.2 Å². The van der Waals surface area contributed by atoms with Gasteiger partial charge < -0.3 is 9.47 Å². The first-order chi connectivity index (χ1) is 9.41. The van der Waals surface area contributed by atoms with Crippen molar-refractivity contribution < 1.29 is 13.7 Å². The van der Waals surface area contributed by atoms with E-state index in [1.807, 2.05) is 40.8 Å². The topological polar surface area (TPSA) is 47.9 Å². The average molecular weight is 303 g/mol. The Morgan fingerprint density at radius 3 is 2.10 bits per heavy atom. The summed E-state index contributed by atoms with van der Waals surface area (Å²) in [6.07, 6.45) is 5.73. The minimum Gasteiger partial charge on any atom is -0.348 e. The van der Waals surface area contributed by atoms with Gasteiger partial charge in [-0.15, -0.1) is 0 Å². The van der Waals surface area contributed by atoms with E-state index in [-0.39, 0.29) is 10.5 Å². The highest BCUT2D eigenvalue weighted by Crippen LogP contribution is 2.37. The molecule has 0 aromatic rings. The number of ether oxygens (including phenoxy) is 2. The molecule has 5 heteroatoms. The summed E-state index contributed by atoms with van der Waals surface area (Å²) in [5, 5.41) is 0. The van der Waals surface area contributed by atoms with Gasteiger partial charge in [-0.1, -0.05) is 13.8 Å². The molecule has 0 N–H and O–H groups in total.